The second-order valence-corrected chi connectivity index (χ2v) is 5.85. The third-order valence-corrected chi connectivity index (χ3v) is 3.65. The van der Waals surface area contributed by atoms with Crippen molar-refractivity contribution in [2.24, 2.45) is 16.8 Å². The van der Waals surface area contributed by atoms with Gasteiger partial charge in [0.15, 0.2) is 0 Å². The maximum atomic E-state index is 11.8. The summed E-state index contributed by atoms with van der Waals surface area (Å²) in [5, 5.41) is 11.2. The van der Waals surface area contributed by atoms with E-state index in [1.807, 2.05) is 13.8 Å². The van der Waals surface area contributed by atoms with Crippen molar-refractivity contribution in [3.8, 4) is 0 Å². The molecule has 0 saturated carbocycles. The average Bonchev–Trinajstić information content (AvgIpc) is 2.22. The summed E-state index contributed by atoms with van der Waals surface area (Å²) in [6, 6.07) is 0. The third kappa shape index (κ3) is 6.44. The summed E-state index contributed by atoms with van der Waals surface area (Å²) in [7, 11) is -3.48. The summed E-state index contributed by atoms with van der Waals surface area (Å²) in [5.74, 6) is 0.223. The van der Waals surface area contributed by atoms with Crippen LogP contribution in [-0.2, 0) is 10.2 Å². The first-order valence-corrected chi connectivity index (χ1v) is 6.98. The lowest BCUT2D eigenvalue weighted by Crippen LogP contribution is -2.43. The summed E-state index contributed by atoms with van der Waals surface area (Å²) >= 11 is 0. The molecule has 0 aromatic rings. The van der Waals surface area contributed by atoms with Gasteiger partial charge in [-0.1, -0.05) is 25.9 Å². The topological polar surface area (TPSA) is 108 Å². The Morgan fingerprint density at radius 1 is 1.53 bits per heavy atom. The minimum Gasteiger partial charge on any atom is -0.409 e. The Morgan fingerprint density at radius 3 is 2.53 bits per heavy atom. The van der Waals surface area contributed by atoms with Gasteiger partial charge < -0.3 is 10.9 Å². The molecule has 7 nitrogen and oxygen atoms in total. The number of hydrogen-bond acceptors (Lipinski definition) is 4. The van der Waals surface area contributed by atoms with Gasteiger partial charge in [-0.15, -0.1) is 0 Å². The van der Waals surface area contributed by atoms with E-state index in [9.17, 15) is 8.42 Å². The van der Waals surface area contributed by atoms with Gasteiger partial charge in [-0.25, -0.2) is 4.72 Å². The van der Waals surface area contributed by atoms with Crippen LogP contribution in [0.25, 0.3) is 0 Å². The lowest BCUT2D eigenvalue weighted by Gasteiger charge is -2.23. The zero-order chi connectivity index (χ0) is 13.5. The van der Waals surface area contributed by atoms with E-state index in [0.717, 1.165) is 0 Å². The molecule has 17 heavy (non-hydrogen) atoms. The highest BCUT2D eigenvalue weighted by Gasteiger charge is 2.21. The predicted octanol–water partition coefficient (Wildman–Crippen LogP) is -0.0648. The second kappa shape index (κ2) is 7.46. The molecule has 0 heterocycles. The molecular formula is C9H22N4O3S. The Hall–Kier alpha value is -0.860. The van der Waals surface area contributed by atoms with E-state index >= 15 is 0 Å². The Labute approximate surface area is 103 Å². The third-order valence-electron chi connectivity index (χ3n) is 1.98. The first-order valence-electron chi connectivity index (χ1n) is 5.54. The Kier molecular flexibility index (Phi) is 7.09. The molecule has 0 unspecified atom stereocenters. The van der Waals surface area contributed by atoms with Crippen LogP contribution in [0.3, 0.4) is 0 Å². The number of oxime groups is 1. The van der Waals surface area contributed by atoms with E-state index in [4.69, 9.17) is 10.9 Å². The van der Waals surface area contributed by atoms with Gasteiger partial charge >= 0.3 is 0 Å². The van der Waals surface area contributed by atoms with Gasteiger partial charge in [0.1, 0.15) is 5.84 Å². The first kappa shape index (κ1) is 16.1. The highest BCUT2D eigenvalue weighted by molar-refractivity contribution is 7.87. The van der Waals surface area contributed by atoms with Crippen LogP contribution in [0.4, 0.5) is 0 Å². The molecular weight excluding hydrogens is 244 g/mol. The molecule has 0 fully saturated rings. The fourth-order valence-electron chi connectivity index (χ4n) is 1.28. The van der Waals surface area contributed by atoms with Crippen molar-refractivity contribution >= 4 is 16.0 Å². The maximum absolute atomic E-state index is 11.8. The minimum atomic E-state index is -3.48. The summed E-state index contributed by atoms with van der Waals surface area (Å²) in [4.78, 5) is 0. The Bertz CT molecular complexity index is 340. The van der Waals surface area contributed by atoms with Gasteiger partial charge in [0.25, 0.3) is 10.2 Å². The normalized spacial score (nSPS) is 13.6. The summed E-state index contributed by atoms with van der Waals surface area (Å²) < 4.78 is 27.4. The summed E-state index contributed by atoms with van der Waals surface area (Å²) in [6.45, 7) is 6.50. The Balaban J connectivity index is 4.65. The van der Waals surface area contributed by atoms with Crippen molar-refractivity contribution < 1.29 is 13.6 Å². The minimum absolute atomic E-state index is 0.0189. The zero-order valence-electron chi connectivity index (χ0n) is 10.5. The van der Waals surface area contributed by atoms with Gasteiger partial charge in [0.2, 0.25) is 0 Å². The number of nitrogens with two attached hydrogens (primary N) is 1. The molecule has 0 aliphatic heterocycles. The molecule has 0 aromatic heterocycles. The number of amidine groups is 1. The molecule has 0 spiro atoms. The summed E-state index contributed by atoms with van der Waals surface area (Å²) in [6.07, 6.45) is 0.202. The van der Waals surface area contributed by atoms with Gasteiger partial charge in [-0.05, 0) is 5.92 Å². The molecule has 8 heteroatoms. The molecule has 102 valence electrons. The van der Waals surface area contributed by atoms with Crippen LogP contribution in [0.2, 0.25) is 0 Å². The lowest BCUT2D eigenvalue weighted by molar-refractivity contribution is 0.314. The molecule has 0 bridgehead atoms. The van der Waals surface area contributed by atoms with E-state index < -0.39 is 10.2 Å². The van der Waals surface area contributed by atoms with Crippen LogP contribution in [0.15, 0.2) is 5.16 Å². The smallest absolute Gasteiger partial charge is 0.279 e. The second-order valence-electron chi connectivity index (χ2n) is 4.10. The van der Waals surface area contributed by atoms with Crippen LogP contribution in [0.1, 0.15) is 27.2 Å². The lowest BCUT2D eigenvalue weighted by atomic mass is 10.2. The van der Waals surface area contributed by atoms with E-state index in [0.29, 0.717) is 13.1 Å². The van der Waals surface area contributed by atoms with E-state index in [1.165, 1.54) is 4.31 Å². The molecule has 0 aliphatic rings. The standard InChI is InChI=1S/C9H22N4O3S/c1-4-11-17(15,16)13(7-8(2)3)6-5-9(10)12-14/h8,11,14H,4-7H2,1-3H3,(H2,10,12). The predicted molar refractivity (Wildman–Crippen MR) is 67.0 cm³/mol. The average molecular weight is 266 g/mol. The summed E-state index contributed by atoms with van der Waals surface area (Å²) in [5.41, 5.74) is 5.33. The number of nitrogens with one attached hydrogen (secondary N) is 1. The van der Waals surface area contributed by atoms with Crippen molar-refractivity contribution in [1.82, 2.24) is 9.03 Å². The Morgan fingerprint density at radius 2 is 2.12 bits per heavy atom. The van der Waals surface area contributed by atoms with Gasteiger partial charge in [-0.2, -0.15) is 12.7 Å². The maximum Gasteiger partial charge on any atom is 0.279 e. The fourth-order valence-corrected chi connectivity index (χ4v) is 2.65. The highest BCUT2D eigenvalue weighted by atomic mass is 32.2. The van der Waals surface area contributed by atoms with Crippen molar-refractivity contribution in [2.45, 2.75) is 27.2 Å². The fraction of sp³-hybridized carbons (Fsp3) is 0.889. The van der Waals surface area contributed by atoms with Gasteiger partial charge in [0, 0.05) is 26.1 Å². The monoisotopic (exact) mass is 266 g/mol. The SMILES string of the molecule is CCNS(=O)(=O)N(CCC(N)=NO)CC(C)C. The van der Waals surface area contributed by atoms with E-state index in [2.05, 4.69) is 9.88 Å². The zero-order valence-corrected chi connectivity index (χ0v) is 11.4. The van der Waals surface area contributed by atoms with Crippen molar-refractivity contribution in [2.75, 3.05) is 19.6 Å². The van der Waals surface area contributed by atoms with Gasteiger partial charge in [-0.3, -0.25) is 0 Å². The molecule has 0 saturated heterocycles. The first-order chi connectivity index (χ1) is 7.83. The molecule has 0 radical (unpaired) electrons. The van der Waals surface area contributed by atoms with Crippen molar-refractivity contribution in [3.63, 3.8) is 0 Å². The largest absolute Gasteiger partial charge is 0.409 e. The molecule has 4 N–H and O–H groups in total. The van der Waals surface area contributed by atoms with Crippen LogP contribution >= 0.6 is 0 Å². The molecule has 0 atom stereocenters. The quantitative estimate of drug-likeness (QED) is 0.247. The molecule has 0 amide bonds. The van der Waals surface area contributed by atoms with Crippen molar-refractivity contribution in [1.29, 1.82) is 0 Å². The molecule has 0 aliphatic carbocycles. The van der Waals surface area contributed by atoms with Crippen LogP contribution in [0.5, 0.6) is 0 Å². The molecule has 0 rings (SSSR count). The molecule has 0 aromatic carbocycles. The van der Waals surface area contributed by atoms with Crippen LogP contribution < -0.4 is 10.5 Å². The number of hydrogen-bond donors (Lipinski definition) is 3. The van der Waals surface area contributed by atoms with Crippen molar-refractivity contribution in [3.05, 3.63) is 0 Å². The van der Waals surface area contributed by atoms with Gasteiger partial charge in [0.05, 0.1) is 0 Å². The van der Waals surface area contributed by atoms with E-state index in [-0.39, 0.29) is 24.7 Å². The number of rotatable bonds is 8. The van der Waals surface area contributed by atoms with E-state index in [1.54, 1.807) is 6.92 Å². The van der Waals surface area contributed by atoms with Crippen LogP contribution in [0, 0.1) is 5.92 Å². The van der Waals surface area contributed by atoms with Crippen LogP contribution in [-0.4, -0.2) is 43.4 Å². The number of nitrogens with zero attached hydrogens (tertiary/aromatic N) is 2. The highest BCUT2D eigenvalue weighted by Crippen LogP contribution is 2.05.